The average molecular weight is 652 g/mol. The Bertz CT molecular complexity index is 1800. The molecular formula is C39H45N3O4S. The van der Waals surface area contributed by atoms with Crippen LogP contribution in [0.5, 0.6) is 0 Å². The molecule has 1 N–H and O–H groups in total. The number of benzene rings is 4. The van der Waals surface area contributed by atoms with Crippen molar-refractivity contribution in [2.75, 3.05) is 10.8 Å². The van der Waals surface area contributed by atoms with Crippen LogP contribution in [0.25, 0.3) is 0 Å². The zero-order valence-electron chi connectivity index (χ0n) is 27.8. The lowest BCUT2D eigenvalue weighted by Crippen LogP contribution is -2.54. The second kappa shape index (κ2) is 15.0. The lowest BCUT2D eigenvalue weighted by Gasteiger charge is -2.34. The smallest absolute Gasteiger partial charge is 0.264 e. The third-order valence-electron chi connectivity index (χ3n) is 9.07. The average Bonchev–Trinajstić information content (AvgIpc) is 3.56. The van der Waals surface area contributed by atoms with E-state index < -0.39 is 28.5 Å². The minimum Gasteiger partial charge on any atom is -0.352 e. The number of amides is 2. The Hall–Kier alpha value is -4.43. The first-order valence-corrected chi connectivity index (χ1v) is 17.8. The summed E-state index contributed by atoms with van der Waals surface area (Å²) in [5.41, 5.74) is 6.06. The standard InChI is InChI=1S/C39H45N3O4S/c1-28-17-21-36(22-18-28)47(45,46)42(35-20-19-30(3)31(4)24-35)27-38(43)41(26-33-14-10-11-29(2)23-33)37(25-32-12-6-5-7-13-32)39(44)40-34-15-8-9-16-34/h5-7,10-14,17-24,34,37H,8-9,15-16,25-27H2,1-4H3,(H,40,44)/t37-/m1/s1. The van der Waals surface area contributed by atoms with Crippen molar-refractivity contribution in [1.82, 2.24) is 10.2 Å². The van der Waals surface area contributed by atoms with E-state index in [-0.39, 0.29) is 23.4 Å². The van der Waals surface area contributed by atoms with Crippen LogP contribution in [0.2, 0.25) is 0 Å². The molecule has 0 spiro atoms. The van der Waals surface area contributed by atoms with Gasteiger partial charge in [-0.05, 0) is 87.1 Å². The molecule has 0 bridgehead atoms. The molecule has 1 saturated carbocycles. The van der Waals surface area contributed by atoms with Gasteiger partial charge in [-0.1, -0.05) is 96.8 Å². The summed E-state index contributed by atoms with van der Waals surface area (Å²) < 4.78 is 29.8. The van der Waals surface area contributed by atoms with Crippen LogP contribution in [0.1, 0.15) is 59.1 Å². The van der Waals surface area contributed by atoms with Crippen LogP contribution < -0.4 is 9.62 Å². The molecule has 0 saturated heterocycles. The van der Waals surface area contributed by atoms with Gasteiger partial charge in [0.2, 0.25) is 11.8 Å². The summed E-state index contributed by atoms with van der Waals surface area (Å²) in [6.07, 6.45) is 4.23. The van der Waals surface area contributed by atoms with Crippen LogP contribution in [0, 0.1) is 27.7 Å². The molecule has 1 aliphatic rings. The summed E-state index contributed by atoms with van der Waals surface area (Å²) >= 11 is 0. The molecule has 2 amide bonds. The number of carbonyl (C=O) groups excluding carboxylic acids is 2. The quantitative estimate of drug-likeness (QED) is 0.182. The van der Waals surface area contributed by atoms with E-state index in [0.29, 0.717) is 12.1 Å². The number of hydrogen-bond donors (Lipinski definition) is 1. The number of carbonyl (C=O) groups is 2. The van der Waals surface area contributed by atoms with Gasteiger partial charge < -0.3 is 10.2 Å². The van der Waals surface area contributed by atoms with Gasteiger partial charge in [0.1, 0.15) is 12.6 Å². The third kappa shape index (κ3) is 8.49. The first kappa shape index (κ1) is 33.9. The van der Waals surface area contributed by atoms with Gasteiger partial charge in [0.05, 0.1) is 10.6 Å². The molecule has 0 heterocycles. The SMILES string of the molecule is Cc1ccc(S(=O)(=O)N(CC(=O)N(Cc2cccc(C)c2)[C@H](Cc2ccccc2)C(=O)NC2CCCC2)c2ccc(C)c(C)c2)cc1. The van der Waals surface area contributed by atoms with E-state index in [1.807, 2.05) is 88.4 Å². The minimum atomic E-state index is -4.15. The van der Waals surface area contributed by atoms with E-state index in [2.05, 4.69) is 5.32 Å². The van der Waals surface area contributed by atoms with Crippen molar-refractivity contribution < 1.29 is 18.0 Å². The largest absolute Gasteiger partial charge is 0.352 e. The van der Waals surface area contributed by atoms with Crippen molar-refractivity contribution in [3.63, 3.8) is 0 Å². The van der Waals surface area contributed by atoms with Crippen LogP contribution in [-0.4, -0.2) is 43.8 Å². The molecule has 47 heavy (non-hydrogen) atoms. The maximum Gasteiger partial charge on any atom is 0.264 e. The van der Waals surface area contributed by atoms with E-state index in [9.17, 15) is 18.0 Å². The van der Waals surface area contributed by atoms with Crippen molar-refractivity contribution in [2.24, 2.45) is 0 Å². The molecule has 1 atom stereocenters. The number of nitrogens with one attached hydrogen (secondary N) is 1. The number of nitrogens with zero attached hydrogens (tertiary/aromatic N) is 2. The zero-order chi connectivity index (χ0) is 33.6. The molecule has 5 rings (SSSR count). The number of anilines is 1. The molecule has 1 fully saturated rings. The first-order chi connectivity index (χ1) is 22.5. The van der Waals surface area contributed by atoms with Crippen LogP contribution in [0.15, 0.2) is 102 Å². The number of rotatable bonds is 12. The lowest BCUT2D eigenvalue weighted by molar-refractivity contribution is -0.140. The maximum atomic E-state index is 14.7. The highest BCUT2D eigenvalue weighted by Crippen LogP contribution is 2.27. The predicted octanol–water partition coefficient (Wildman–Crippen LogP) is 6.81. The van der Waals surface area contributed by atoms with Gasteiger partial charge in [0.25, 0.3) is 10.0 Å². The van der Waals surface area contributed by atoms with Crippen LogP contribution in [0.3, 0.4) is 0 Å². The maximum absolute atomic E-state index is 14.7. The Morgan fingerprint density at radius 3 is 2.11 bits per heavy atom. The third-order valence-corrected chi connectivity index (χ3v) is 10.9. The van der Waals surface area contributed by atoms with E-state index >= 15 is 0 Å². The van der Waals surface area contributed by atoms with Crippen LogP contribution in [0.4, 0.5) is 5.69 Å². The predicted molar refractivity (Wildman–Crippen MR) is 188 cm³/mol. The summed E-state index contributed by atoms with van der Waals surface area (Å²) in [6, 6.07) is 28.8. The van der Waals surface area contributed by atoms with Crippen molar-refractivity contribution in [3.8, 4) is 0 Å². The second-order valence-corrected chi connectivity index (χ2v) is 14.7. The van der Waals surface area contributed by atoms with Gasteiger partial charge in [-0.25, -0.2) is 8.42 Å². The van der Waals surface area contributed by atoms with Crippen molar-refractivity contribution in [3.05, 3.63) is 130 Å². The Kier molecular flexibility index (Phi) is 10.8. The van der Waals surface area contributed by atoms with Gasteiger partial charge >= 0.3 is 0 Å². The molecule has 0 unspecified atom stereocenters. The molecule has 8 heteroatoms. The second-order valence-electron chi connectivity index (χ2n) is 12.8. The van der Waals surface area contributed by atoms with Gasteiger partial charge in [-0.15, -0.1) is 0 Å². The summed E-state index contributed by atoms with van der Waals surface area (Å²) in [5, 5.41) is 3.23. The Morgan fingerprint density at radius 2 is 1.45 bits per heavy atom. The summed E-state index contributed by atoms with van der Waals surface area (Å²) in [6.45, 7) is 7.45. The van der Waals surface area contributed by atoms with E-state index in [1.54, 1.807) is 41.3 Å². The highest BCUT2D eigenvalue weighted by atomic mass is 32.2. The van der Waals surface area contributed by atoms with Gasteiger partial charge in [0, 0.05) is 19.0 Å². The lowest BCUT2D eigenvalue weighted by atomic mass is 10.0. The Labute approximate surface area is 279 Å². The zero-order valence-corrected chi connectivity index (χ0v) is 28.6. The summed E-state index contributed by atoms with van der Waals surface area (Å²) in [7, 11) is -4.15. The molecule has 4 aromatic rings. The van der Waals surface area contributed by atoms with Crippen LogP contribution in [-0.2, 0) is 32.6 Å². The molecular weight excluding hydrogens is 607 g/mol. The molecule has 4 aromatic carbocycles. The van der Waals surface area contributed by atoms with Gasteiger partial charge in [0.15, 0.2) is 0 Å². The Balaban J connectivity index is 1.58. The van der Waals surface area contributed by atoms with E-state index in [4.69, 9.17) is 0 Å². The summed E-state index contributed by atoms with van der Waals surface area (Å²) in [4.78, 5) is 30.5. The topological polar surface area (TPSA) is 86.8 Å². The molecule has 0 aliphatic heterocycles. The minimum absolute atomic E-state index is 0.0608. The molecule has 246 valence electrons. The van der Waals surface area contributed by atoms with Crippen molar-refractivity contribution in [2.45, 2.75) is 83.3 Å². The van der Waals surface area contributed by atoms with Crippen molar-refractivity contribution in [1.29, 1.82) is 0 Å². The fraction of sp³-hybridized carbons (Fsp3) is 0.333. The Morgan fingerprint density at radius 1 is 0.766 bits per heavy atom. The van der Waals surface area contributed by atoms with Gasteiger partial charge in [-0.2, -0.15) is 0 Å². The number of sulfonamides is 1. The van der Waals surface area contributed by atoms with Crippen molar-refractivity contribution >= 4 is 27.5 Å². The fourth-order valence-corrected chi connectivity index (χ4v) is 7.58. The van der Waals surface area contributed by atoms with E-state index in [1.165, 1.54) is 4.31 Å². The highest BCUT2D eigenvalue weighted by Gasteiger charge is 2.35. The molecule has 1 aliphatic carbocycles. The van der Waals surface area contributed by atoms with Gasteiger partial charge in [-0.3, -0.25) is 13.9 Å². The van der Waals surface area contributed by atoms with Crippen LogP contribution >= 0.6 is 0 Å². The summed E-state index contributed by atoms with van der Waals surface area (Å²) in [5.74, 6) is -0.677. The highest BCUT2D eigenvalue weighted by molar-refractivity contribution is 7.92. The fourth-order valence-electron chi connectivity index (χ4n) is 6.18. The normalized spacial score (nSPS) is 14.0. The first-order valence-electron chi connectivity index (χ1n) is 16.4. The number of hydrogen-bond acceptors (Lipinski definition) is 4. The monoisotopic (exact) mass is 651 g/mol. The molecule has 0 radical (unpaired) electrons. The molecule has 7 nitrogen and oxygen atoms in total. The molecule has 0 aromatic heterocycles. The van der Waals surface area contributed by atoms with E-state index in [0.717, 1.165) is 59.1 Å². The number of aryl methyl sites for hydroxylation is 4.